The number of rotatable bonds is 7. The van der Waals surface area contributed by atoms with Crippen LogP contribution in [-0.4, -0.2) is 43.6 Å². The Balaban J connectivity index is 2.99. The Morgan fingerprint density at radius 3 is 2.48 bits per heavy atom. The molecule has 1 aromatic rings. The molecule has 0 unspecified atom stereocenters. The first-order valence-electron chi connectivity index (χ1n) is 5.86. The lowest BCUT2D eigenvalue weighted by molar-refractivity contribution is -0.384. The molecule has 0 aromatic carbocycles. The molecular formula is C11H13N3O7. The van der Waals surface area contributed by atoms with Crippen molar-refractivity contribution >= 4 is 23.5 Å². The molecule has 0 saturated carbocycles. The maximum atomic E-state index is 11.9. The number of nitrogens with zero attached hydrogens (tertiary/aromatic N) is 2. The minimum atomic E-state index is -1.62. The lowest BCUT2D eigenvalue weighted by atomic mass is 10.2. The number of carboxylic acids is 2. The van der Waals surface area contributed by atoms with Crippen LogP contribution in [0.15, 0.2) is 12.3 Å². The molecule has 0 aliphatic heterocycles. The Morgan fingerprint density at radius 2 is 2.05 bits per heavy atom. The SMILES string of the molecule is CCn1cc([N+](=O)[O-])cc1C(=O)N[C@@H](CC(=O)O)C(=O)O. The molecule has 1 amide bonds. The van der Waals surface area contributed by atoms with Gasteiger partial charge >= 0.3 is 11.9 Å². The molecule has 1 heterocycles. The molecule has 0 radical (unpaired) electrons. The van der Waals surface area contributed by atoms with E-state index in [1.807, 2.05) is 5.32 Å². The first kappa shape index (κ1) is 16.1. The summed E-state index contributed by atoms with van der Waals surface area (Å²) >= 11 is 0. The smallest absolute Gasteiger partial charge is 0.326 e. The van der Waals surface area contributed by atoms with Gasteiger partial charge in [0, 0.05) is 12.6 Å². The van der Waals surface area contributed by atoms with Crippen molar-refractivity contribution < 1.29 is 29.5 Å². The van der Waals surface area contributed by atoms with E-state index in [9.17, 15) is 24.5 Å². The highest BCUT2D eigenvalue weighted by Crippen LogP contribution is 2.16. The van der Waals surface area contributed by atoms with Crippen molar-refractivity contribution in [3.05, 3.63) is 28.1 Å². The van der Waals surface area contributed by atoms with Crippen molar-refractivity contribution in [2.45, 2.75) is 25.9 Å². The standard InChI is InChI=1S/C11H13N3O7/c1-2-13-5-6(14(20)21)3-8(13)10(17)12-7(11(18)19)4-9(15)16/h3,5,7H,2,4H2,1H3,(H,12,17)(H,15,16)(H,18,19)/t7-/m0/s1. The second-order valence-corrected chi connectivity index (χ2v) is 4.09. The van der Waals surface area contributed by atoms with E-state index >= 15 is 0 Å². The molecule has 10 heteroatoms. The third-order valence-corrected chi connectivity index (χ3v) is 2.65. The van der Waals surface area contributed by atoms with E-state index in [2.05, 4.69) is 0 Å². The zero-order valence-electron chi connectivity index (χ0n) is 11.0. The summed E-state index contributed by atoms with van der Waals surface area (Å²) in [4.78, 5) is 43.3. The molecule has 0 aliphatic rings. The van der Waals surface area contributed by atoms with Gasteiger partial charge in [0.1, 0.15) is 11.7 Å². The number of aliphatic carboxylic acids is 2. The normalized spacial score (nSPS) is 11.7. The molecule has 1 aromatic heterocycles. The molecule has 0 saturated heterocycles. The van der Waals surface area contributed by atoms with E-state index in [0.29, 0.717) is 0 Å². The maximum Gasteiger partial charge on any atom is 0.326 e. The van der Waals surface area contributed by atoms with Crippen molar-refractivity contribution in [3.8, 4) is 0 Å². The summed E-state index contributed by atoms with van der Waals surface area (Å²) in [6.45, 7) is 1.90. The minimum Gasteiger partial charge on any atom is -0.481 e. The van der Waals surface area contributed by atoms with Crippen molar-refractivity contribution in [1.29, 1.82) is 0 Å². The zero-order chi connectivity index (χ0) is 16.2. The van der Waals surface area contributed by atoms with Crippen LogP contribution in [0, 0.1) is 10.1 Å². The van der Waals surface area contributed by atoms with Crippen molar-refractivity contribution in [2.24, 2.45) is 0 Å². The van der Waals surface area contributed by atoms with Crippen LogP contribution in [0.25, 0.3) is 0 Å². The van der Waals surface area contributed by atoms with Gasteiger partial charge in [0.2, 0.25) is 0 Å². The molecule has 21 heavy (non-hydrogen) atoms. The van der Waals surface area contributed by atoms with Gasteiger partial charge in [0.05, 0.1) is 17.5 Å². The van der Waals surface area contributed by atoms with Crippen LogP contribution < -0.4 is 5.32 Å². The Bertz CT molecular complexity index is 593. The van der Waals surface area contributed by atoms with Crippen LogP contribution in [0.4, 0.5) is 5.69 Å². The highest BCUT2D eigenvalue weighted by Gasteiger charge is 2.26. The lowest BCUT2D eigenvalue weighted by Gasteiger charge is -2.13. The number of hydrogen-bond acceptors (Lipinski definition) is 5. The third kappa shape index (κ3) is 4.03. The Morgan fingerprint density at radius 1 is 1.43 bits per heavy atom. The number of nitro groups is 1. The Hall–Kier alpha value is -2.91. The van der Waals surface area contributed by atoms with E-state index in [0.717, 1.165) is 12.3 Å². The van der Waals surface area contributed by atoms with Gasteiger partial charge in [-0.05, 0) is 6.92 Å². The van der Waals surface area contributed by atoms with E-state index in [-0.39, 0.29) is 17.9 Å². The number of carboxylic acid groups (broad SMARTS) is 2. The summed E-state index contributed by atoms with van der Waals surface area (Å²) in [7, 11) is 0. The van der Waals surface area contributed by atoms with Crippen LogP contribution in [-0.2, 0) is 16.1 Å². The van der Waals surface area contributed by atoms with E-state index in [4.69, 9.17) is 10.2 Å². The molecule has 1 atom stereocenters. The molecule has 3 N–H and O–H groups in total. The van der Waals surface area contributed by atoms with Crippen LogP contribution in [0.2, 0.25) is 0 Å². The fraction of sp³-hybridized carbons (Fsp3) is 0.364. The largest absolute Gasteiger partial charge is 0.481 e. The van der Waals surface area contributed by atoms with Gasteiger partial charge in [0.25, 0.3) is 11.6 Å². The van der Waals surface area contributed by atoms with Crippen LogP contribution in [0.3, 0.4) is 0 Å². The van der Waals surface area contributed by atoms with Gasteiger partial charge in [-0.3, -0.25) is 19.7 Å². The Kier molecular flexibility index (Phi) is 5.00. The second-order valence-electron chi connectivity index (χ2n) is 4.09. The molecular weight excluding hydrogens is 286 g/mol. The summed E-state index contributed by atoms with van der Waals surface area (Å²) in [5.74, 6) is -3.78. The minimum absolute atomic E-state index is 0.110. The third-order valence-electron chi connectivity index (χ3n) is 2.65. The monoisotopic (exact) mass is 299 g/mol. The van der Waals surface area contributed by atoms with Gasteiger partial charge in [0.15, 0.2) is 0 Å². The predicted octanol–water partition coefficient (Wildman–Crippen LogP) is 0.0739. The molecule has 0 spiro atoms. The number of carbonyl (C=O) groups is 3. The number of aryl methyl sites for hydroxylation is 1. The number of hydrogen-bond donors (Lipinski definition) is 3. The number of aromatic nitrogens is 1. The quantitative estimate of drug-likeness (QED) is 0.476. The van der Waals surface area contributed by atoms with Crippen LogP contribution >= 0.6 is 0 Å². The average molecular weight is 299 g/mol. The van der Waals surface area contributed by atoms with Gasteiger partial charge in [-0.25, -0.2) is 4.79 Å². The number of carbonyl (C=O) groups excluding carboxylic acids is 1. The number of nitrogens with one attached hydrogen (secondary N) is 1. The first-order chi connectivity index (χ1) is 9.76. The highest BCUT2D eigenvalue weighted by atomic mass is 16.6. The summed E-state index contributed by atoms with van der Waals surface area (Å²) in [5, 5.41) is 30.1. The number of amides is 1. The summed E-state index contributed by atoms with van der Waals surface area (Å²) < 4.78 is 1.27. The molecule has 1 rings (SSSR count). The topological polar surface area (TPSA) is 152 Å². The van der Waals surface area contributed by atoms with Gasteiger partial charge in [-0.1, -0.05) is 0 Å². The average Bonchev–Trinajstić information content (AvgIpc) is 2.81. The Labute approximate surface area is 118 Å². The van der Waals surface area contributed by atoms with E-state index in [1.54, 1.807) is 6.92 Å². The van der Waals surface area contributed by atoms with Crippen molar-refractivity contribution in [2.75, 3.05) is 0 Å². The van der Waals surface area contributed by atoms with E-state index in [1.165, 1.54) is 4.57 Å². The summed E-state index contributed by atoms with van der Waals surface area (Å²) in [6.07, 6.45) is 0.345. The molecule has 10 nitrogen and oxygen atoms in total. The van der Waals surface area contributed by atoms with Gasteiger partial charge in [-0.15, -0.1) is 0 Å². The van der Waals surface area contributed by atoms with E-state index < -0.39 is 35.2 Å². The lowest BCUT2D eigenvalue weighted by Crippen LogP contribution is -2.42. The fourth-order valence-electron chi connectivity index (χ4n) is 1.65. The second kappa shape index (κ2) is 6.50. The molecule has 0 aliphatic carbocycles. The van der Waals surface area contributed by atoms with Crippen molar-refractivity contribution in [3.63, 3.8) is 0 Å². The molecule has 0 fully saturated rings. The highest BCUT2D eigenvalue weighted by molar-refractivity contribution is 5.96. The fourth-order valence-corrected chi connectivity index (χ4v) is 1.65. The summed E-state index contributed by atoms with van der Waals surface area (Å²) in [5.41, 5.74) is -0.423. The van der Waals surface area contributed by atoms with Crippen LogP contribution in [0.1, 0.15) is 23.8 Å². The predicted molar refractivity (Wildman–Crippen MR) is 67.9 cm³/mol. The molecule has 114 valence electrons. The molecule has 0 bridgehead atoms. The zero-order valence-corrected chi connectivity index (χ0v) is 11.0. The van der Waals surface area contributed by atoms with Gasteiger partial charge < -0.3 is 20.1 Å². The van der Waals surface area contributed by atoms with Crippen LogP contribution in [0.5, 0.6) is 0 Å². The van der Waals surface area contributed by atoms with Crippen molar-refractivity contribution in [1.82, 2.24) is 9.88 Å². The van der Waals surface area contributed by atoms with Gasteiger partial charge in [-0.2, -0.15) is 0 Å². The summed E-state index contributed by atoms with van der Waals surface area (Å²) in [6, 6.07) is -0.618. The maximum absolute atomic E-state index is 11.9. The first-order valence-corrected chi connectivity index (χ1v) is 5.86.